The fourth-order valence-electron chi connectivity index (χ4n) is 2.98. The molecule has 2 N–H and O–H groups in total. The van der Waals surface area contributed by atoms with E-state index < -0.39 is 0 Å². The second kappa shape index (κ2) is 8.14. The molecule has 146 valence electrons. The molecule has 0 saturated carbocycles. The van der Waals surface area contributed by atoms with Crippen LogP contribution in [0.2, 0.25) is 5.02 Å². The predicted octanol–water partition coefficient (Wildman–Crippen LogP) is 4.31. The van der Waals surface area contributed by atoms with Gasteiger partial charge in [0.1, 0.15) is 11.0 Å². The molecule has 0 aliphatic heterocycles. The maximum Gasteiger partial charge on any atom is 0.278 e. The van der Waals surface area contributed by atoms with Crippen LogP contribution in [0.15, 0.2) is 70.7 Å². The second-order valence-electron chi connectivity index (χ2n) is 6.40. The average molecular weight is 425 g/mol. The van der Waals surface area contributed by atoms with Crippen molar-refractivity contribution < 1.29 is 4.79 Å². The molecule has 2 heterocycles. The number of amides is 1. The van der Waals surface area contributed by atoms with Gasteiger partial charge in [-0.15, -0.1) is 0 Å². The normalized spacial score (nSPS) is 11.0. The maximum absolute atomic E-state index is 12.7. The van der Waals surface area contributed by atoms with Gasteiger partial charge in [-0.05, 0) is 23.8 Å². The molecule has 6 nitrogen and oxygen atoms in total. The fourth-order valence-corrected chi connectivity index (χ4v) is 3.94. The molecule has 4 aromatic rings. The number of rotatable bonds is 5. The number of carbonyl (C=O) groups excluding carboxylic acids is 1. The van der Waals surface area contributed by atoms with E-state index in [1.54, 1.807) is 37.5 Å². The third-order valence-electron chi connectivity index (χ3n) is 4.39. The van der Waals surface area contributed by atoms with Crippen LogP contribution in [-0.2, 0) is 11.8 Å². The van der Waals surface area contributed by atoms with E-state index in [1.807, 2.05) is 30.3 Å². The first-order valence-electron chi connectivity index (χ1n) is 8.84. The van der Waals surface area contributed by atoms with Gasteiger partial charge in [0.15, 0.2) is 5.16 Å². The lowest BCUT2D eigenvalue weighted by Gasteiger charge is -2.09. The molecule has 2 aromatic carbocycles. The van der Waals surface area contributed by atoms with Crippen molar-refractivity contribution in [2.45, 2.75) is 5.16 Å². The lowest BCUT2D eigenvalue weighted by molar-refractivity contribution is -0.113. The summed E-state index contributed by atoms with van der Waals surface area (Å²) in [5.41, 5.74) is 3.29. The van der Waals surface area contributed by atoms with Crippen molar-refractivity contribution in [3.8, 4) is 11.1 Å². The van der Waals surface area contributed by atoms with Crippen molar-refractivity contribution in [1.29, 1.82) is 0 Å². The molecule has 8 heteroatoms. The Morgan fingerprint density at radius 3 is 2.76 bits per heavy atom. The van der Waals surface area contributed by atoms with Crippen LogP contribution in [0.25, 0.3) is 22.2 Å². The first kappa shape index (κ1) is 19.3. The van der Waals surface area contributed by atoms with Crippen molar-refractivity contribution >= 4 is 46.0 Å². The van der Waals surface area contributed by atoms with E-state index in [0.717, 1.165) is 11.1 Å². The number of nitrogens with one attached hydrogen (secondary N) is 2. The van der Waals surface area contributed by atoms with Crippen molar-refractivity contribution in [2.24, 2.45) is 7.05 Å². The number of benzene rings is 2. The molecule has 1 amide bonds. The highest BCUT2D eigenvalue weighted by Crippen LogP contribution is 2.27. The Bertz CT molecular complexity index is 1250. The Morgan fingerprint density at radius 1 is 1.21 bits per heavy atom. The maximum atomic E-state index is 12.7. The summed E-state index contributed by atoms with van der Waals surface area (Å²) in [6.07, 6.45) is 1.79. The van der Waals surface area contributed by atoms with E-state index in [0.29, 0.717) is 26.9 Å². The zero-order chi connectivity index (χ0) is 20.4. The molecule has 29 heavy (non-hydrogen) atoms. The summed E-state index contributed by atoms with van der Waals surface area (Å²) >= 11 is 7.15. The molecule has 0 saturated heterocycles. The van der Waals surface area contributed by atoms with Gasteiger partial charge in [0.2, 0.25) is 5.91 Å². The molecular weight excluding hydrogens is 408 g/mol. The number of aromatic amines is 1. The third kappa shape index (κ3) is 4.06. The van der Waals surface area contributed by atoms with Crippen LogP contribution in [-0.4, -0.2) is 26.2 Å². The zero-order valence-electron chi connectivity index (χ0n) is 15.5. The van der Waals surface area contributed by atoms with Crippen LogP contribution >= 0.6 is 23.4 Å². The molecular formula is C21H17ClN4O2S. The third-order valence-corrected chi connectivity index (χ3v) is 5.66. The van der Waals surface area contributed by atoms with Gasteiger partial charge >= 0.3 is 0 Å². The number of aromatic nitrogens is 3. The predicted molar refractivity (Wildman–Crippen MR) is 118 cm³/mol. The monoisotopic (exact) mass is 424 g/mol. The standard InChI is InChI=1S/C21H17ClN4O2S/c1-26-20(28)19-18(16(11-23-19)13-6-3-2-4-7-13)25-21(26)29-12-17(27)24-15-9-5-8-14(22)10-15/h2-11,23H,12H2,1H3,(H,24,27). The second-order valence-corrected chi connectivity index (χ2v) is 7.78. The number of nitrogens with zero attached hydrogens (tertiary/aromatic N) is 2. The summed E-state index contributed by atoms with van der Waals surface area (Å²) in [6, 6.07) is 16.7. The lowest BCUT2D eigenvalue weighted by atomic mass is 10.1. The van der Waals surface area contributed by atoms with Crippen LogP contribution in [0.1, 0.15) is 0 Å². The molecule has 0 unspecified atom stereocenters. The summed E-state index contributed by atoms with van der Waals surface area (Å²) < 4.78 is 1.45. The van der Waals surface area contributed by atoms with E-state index in [9.17, 15) is 9.59 Å². The largest absolute Gasteiger partial charge is 0.355 e. The molecule has 0 aliphatic rings. The molecule has 0 spiro atoms. The van der Waals surface area contributed by atoms with Crippen molar-refractivity contribution in [3.63, 3.8) is 0 Å². The van der Waals surface area contributed by atoms with Crippen molar-refractivity contribution in [2.75, 3.05) is 11.1 Å². The Balaban J connectivity index is 1.59. The fraction of sp³-hybridized carbons (Fsp3) is 0.0952. The van der Waals surface area contributed by atoms with Crippen LogP contribution in [0.4, 0.5) is 5.69 Å². The molecule has 0 atom stereocenters. The minimum Gasteiger partial charge on any atom is -0.355 e. The minimum atomic E-state index is -0.205. The first-order chi connectivity index (χ1) is 14.0. The van der Waals surface area contributed by atoms with Gasteiger partial charge in [-0.3, -0.25) is 14.2 Å². The summed E-state index contributed by atoms with van der Waals surface area (Å²) in [6.45, 7) is 0. The summed E-state index contributed by atoms with van der Waals surface area (Å²) in [4.78, 5) is 32.7. The lowest BCUT2D eigenvalue weighted by Crippen LogP contribution is -2.21. The number of thioether (sulfide) groups is 1. The SMILES string of the molecule is Cn1c(SCC(=O)Nc2cccc(Cl)c2)nc2c(-c3ccccc3)c[nH]c2c1=O. The van der Waals surface area contributed by atoms with Gasteiger partial charge < -0.3 is 10.3 Å². The summed E-state index contributed by atoms with van der Waals surface area (Å²) in [7, 11) is 1.65. The number of anilines is 1. The van der Waals surface area contributed by atoms with Crippen LogP contribution < -0.4 is 10.9 Å². The minimum absolute atomic E-state index is 0.114. The molecule has 2 aromatic heterocycles. The van der Waals surface area contributed by atoms with Crippen LogP contribution in [0, 0.1) is 0 Å². The molecule has 0 aliphatic carbocycles. The quantitative estimate of drug-likeness (QED) is 0.369. The van der Waals surface area contributed by atoms with E-state index in [2.05, 4.69) is 15.3 Å². The highest BCUT2D eigenvalue weighted by atomic mass is 35.5. The molecule has 4 rings (SSSR count). The number of H-pyrrole nitrogens is 1. The highest BCUT2D eigenvalue weighted by molar-refractivity contribution is 7.99. The van der Waals surface area contributed by atoms with Gasteiger partial charge in [-0.25, -0.2) is 4.98 Å². The van der Waals surface area contributed by atoms with E-state index in [-0.39, 0.29) is 17.2 Å². The summed E-state index contributed by atoms with van der Waals surface area (Å²) in [5, 5.41) is 3.81. The van der Waals surface area contributed by atoms with E-state index >= 15 is 0 Å². The number of hydrogen-bond donors (Lipinski definition) is 2. The van der Waals surface area contributed by atoms with Crippen molar-refractivity contribution in [3.05, 3.63) is 76.2 Å². The van der Waals surface area contributed by atoms with E-state index in [1.165, 1.54) is 16.3 Å². The number of carbonyl (C=O) groups is 1. The Kier molecular flexibility index (Phi) is 5.42. The molecule has 0 bridgehead atoms. The van der Waals surface area contributed by atoms with Gasteiger partial charge in [0.25, 0.3) is 5.56 Å². The van der Waals surface area contributed by atoms with Gasteiger partial charge in [0.05, 0.1) is 5.75 Å². The van der Waals surface area contributed by atoms with Crippen LogP contribution in [0.3, 0.4) is 0 Å². The molecule has 0 radical (unpaired) electrons. The number of halogens is 1. The first-order valence-corrected chi connectivity index (χ1v) is 10.2. The Labute approximate surface area is 175 Å². The Hall–Kier alpha value is -3.03. The topological polar surface area (TPSA) is 79.8 Å². The summed E-state index contributed by atoms with van der Waals surface area (Å²) in [5.74, 6) is -0.0902. The number of fused-ring (bicyclic) bond motifs is 1. The van der Waals surface area contributed by atoms with Gasteiger partial charge in [-0.1, -0.05) is 59.8 Å². The smallest absolute Gasteiger partial charge is 0.278 e. The van der Waals surface area contributed by atoms with Gasteiger partial charge in [-0.2, -0.15) is 0 Å². The average Bonchev–Trinajstić information content (AvgIpc) is 3.14. The number of hydrogen-bond acceptors (Lipinski definition) is 4. The molecule has 0 fully saturated rings. The Morgan fingerprint density at radius 2 is 2.00 bits per heavy atom. The van der Waals surface area contributed by atoms with Crippen LogP contribution in [0.5, 0.6) is 0 Å². The highest BCUT2D eigenvalue weighted by Gasteiger charge is 2.16. The van der Waals surface area contributed by atoms with E-state index in [4.69, 9.17) is 11.6 Å². The zero-order valence-corrected chi connectivity index (χ0v) is 17.1. The van der Waals surface area contributed by atoms with Gasteiger partial charge in [0, 0.05) is 29.5 Å². The van der Waals surface area contributed by atoms with Crippen molar-refractivity contribution in [1.82, 2.24) is 14.5 Å².